The van der Waals surface area contributed by atoms with Gasteiger partial charge >= 0.3 is 11.9 Å². The fraction of sp³-hybridized carbons (Fsp3) is 0.689. The number of hydrogen-bond donors (Lipinski definition) is 0. The van der Waals surface area contributed by atoms with Gasteiger partial charge in [-0.1, -0.05) is 158 Å². The molecule has 0 saturated carbocycles. The summed E-state index contributed by atoms with van der Waals surface area (Å²) in [5.74, 6) is -0.516. The van der Waals surface area contributed by atoms with E-state index < -0.39 is 6.10 Å². The molecule has 0 amide bonds. The summed E-state index contributed by atoms with van der Waals surface area (Å²) in [4.78, 5) is 24.9. The molecule has 0 aliphatic carbocycles. The van der Waals surface area contributed by atoms with Gasteiger partial charge in [0.2, 0.25) is 0 Å². The van der Waals surface area contributed by atoms with Crippen LogP contribution >= 0.6 is 0 Å². The minimum Gasteiger partial charge on any atom is -0.462 e. The lowest BCUT2D eigenvalue weighted by Crippen LogP contribution is -2.30. The van der Waals surface area contributed by atoms with Crippen LogP contribution in [0.25, 0.3) is 0 Å². The number of unbranched alkanes of at least 4 members (excludes halogenated alkanes) is 13. The van der Waals surface area contributed by atoms with Crippen LogP contribution in [0.1, 0.15) is 175 Å². The molecule has 0 heterocycles. The van der Waals surface area contributed by atoms with Crippen LogP contribution in [0.2, 0.25) is 0 Å². The van der Waals surface area contributed by atoms with E-state index >= 15 is 0 Å². The van der Waals surface area contributed by atoms with Crippen LogP contribution in [0.5, 0.6) is 0 Å². The average Bonchev–Trinajstić information content (AvgIpc) is 3.11. The summed E-state index contributed by atoms with van der Waals surface area (Å²) in [6.07, 6.45) is 50.8. The Hall–Kier alpha value is -2.66. The fourth-order valence-corrected chi connectivity index (χ4v) is 5.20. The minimum atomic E-state index is -0.566. The Morgan fingerprint density at radius 3 is 1.56 bits per heavy atom. The molecule has 0 rings (SSSR count). The normalized spacial score (nSPS) is 12.9. The lowest BCUT2D eigenvalue weighted by atomic mass is 10.1. The molecule has 1 unspecified atom stereocenters. The van der Waals surface area contributed by atoms with Crippen LogP contribution in [0.15, 0.2) is 72.9 Å². The molecule has 0 aromatic heterocycles. The summed E-state index contributed by atoms with van der Waals surface area (Å²) in [6, 6.07) is 0. The third kappa shape index (κ3) is 38.1. The molecule has 0 aliphatic rings. The number of ether oxygens (including phenoxy) is 3. The Kier molecular flexibility index (Phi) is 38.6. The number of carbonyl (C=O) groups is 2. The van der Waals surface area contributed by atoms with E-state index in [0.29, 0.717) is 25.9 Å². The first kappa shape index (κ1) is 47.3. The third-order valence-electron chi connectivity index (χ3n) is 8.24. The predicted octanol–water partition coefficient (Wildman–Crippen LogP) is 13.2. The first-order valence-electron chi connectivity index (χ1n) is 20.5. The summed E-state index contributed by atoms with van der Waals surface area (Å²) in [5, 5.41) is 0. The maximum atomic E-state index is 12.5. The Labute approximate surface area is 308 Å². The molecule has 5 nitrogen and oxygen atoms in total. The molecule has 50 heavy (non-hydrogen) atoms. The zero-order valence-corrected chi connectivity index (χ0v) is 32.6. The number of allylic oxidation sites excluding steroid dienone is 12. The van der Waals surface area contributed by atoms with Gasteiger partial charge in [0.1, 0.15) is 6.61 Å². The van der Waals surface area contributed by atoms with Crippen LogP contribution in [0.4, 0.5) is 0 Å². The monoisotopic (exact) mass is 697 g/mol. The van der Waals surface area contributed by atoms with Crippen molar-refractivity contribution in [2.24, 2.45) is 0 Å². The maximum Gasteiger partial charge on any atom is 0.306 e. The van der Waals surface area contributed by atoms with E-state index in [4.69, 9.17) is 14.2 Å². The highest BCUT2D eigenvalue weighted by Crippen LogP contribution is 2.10. The van der Waals surface area contributed by atoms with E-state index in [1.165, 1.54) is 70.6 Å². The van der Waals surface area contributed by atoms with E-state index in [1.807, 2.05) is 6.08 Å². The van der Waals surface area contributed by atoms with Crippen LogP contribution in [0.3, 0.4) is 0 Å². The first-order valence-corrected chi connectivity index (χ1v) is 20.5. The molecule has 0 aliphatic heterocycles. The Bertz CT molecular complexity index is 926. The van der Waals surface area contributed by atoms with Gasteiger partial charge in [-0.15, -0.1) is 0 Å². The highest BCUT2D eigenvalue weighted by molar-refractivity contribution is 5.70. The minimum absolute atomic E-state index is 0.0400. The number of hydrogen-bond acceptors (Lipinski definition) is 5. The van der Waals surface area contributed by atoms with Gasteiger partial charge in [-0.3, -0.25) is 9.59 Å². The third-order valence-corrected chi connectivity index (χ3v) is 8.24. The van der Waals surface area contributed by atoms with Gasteiger partial charge in [0.15, 0.2) is 6.10 Å². The topological polar surface area (TPSA) is 61.8 Å². The smallest absolute Gasteiger partial charge is 0.306 e. The Morgan fingerprint density at radius 1 is 0.460 bits per heavy atom. The zero-order chi connectivity index (χ0) is 36.4. The van der Waals surface area contributed by atoms with E-state index in [2.05, 4.69) is 87.6 Å². The fourth-order valence-electron chi connectivity index (χ4n) is 5.20. The van der Waals surface area contributed by atoms with Gasteiger partial charge in [0.05, 0.1) is 6.61 Å². The summed E-state index contributed by atoms with van der Waals surface area (Å²) < 4.78 is 17.1. The van der Waals surface area contributed by atoms with Crippen molar-refractivity contribution in [3.05, 3.63) is 72.9 Å². The molecule has 5 heteroatoms. The van der Waals surface area contributed by atoms with Crippen LogP contribution in [-0.2, 0) is 23.8 Å². The standard InChI is InChI=1S/C45H76O5/c1-4-7-10-13-15-17-19-21-22-23-25-27-29-31-34-37-40-48-41-43(50-45(47)39-36-32-12-9-6-3)42-49-44(46)38-35-33-30-28-26-24-20-18-16-14-11-8-5-2/h8,11,15-18,21-22,24,26,30,33,43H,4-7,9-10,12-14,19-20,23,25,27-29,31-32,34-42H2,1-3H3/b11-8-,17-15-,18-16-,22-21-,26-24-,33-30-. The quantitative estimate of drug-likeness (QED) is 0.0371. The van der Waals surface area contributed by atoms with E-state index in [0.717, 1.165) is 64.2 Å². The van der Waals surface area contributed by atoms with Crippen molar-refractivity contribution in [1.82, 2.24) is 0 Å². The molecule has 0 radical (unpaired) electrons. The van der Waals surface area contributed by atoms with Gasteiger partial charge in [0, 0.05) is 19.4 Å². The molecular weight excluding hydrogens is 620 g/mol. The highest BCUT2D eigenvalue weighted by Gasteiger charge is 2.17. The SMILES string of the molecule is CC/C=C\C/C=C\C/C=C\C/C=C\CCC(=O)OCC(COCCCCCCCC/C=C\C/C=C\CCCCC)OC(=O)CCCCCCC. The molecule has 0 aromatic carbocycles. The van der Waals surface area contributed by atoms with Crippen molar-refractivity contribution in [2.45, 2.75) is 181 Å². The van der Waals surface area contributed by atoms with Crippen molar-refractivity contribution < 1.29 is 23.8 Å². The molecule has 0 spiro atoms. The highest BCUT2D eigenvalue weighted by atomic mass is 16.6. The lowest BCUT2D eigenvalue weighted by molar-refractivity contribution is -0.162. The molecular formula is C45H76O5. The van der Waals surface area contributed by atoms with Crippen LogP contribution in [-0.4, -0.2) is 37.9 Å². The predicted molar refractivity (Wildman–Crippen MR) is 214 cm³/mol. The molecule has 0 aromatic rings. The number of rotatable bonds is 36. The van der Waals surface area contributed by atoms with Gasteiger partial charge in [-0.25, -0.2) is 0 Å². The lowest BCUT2D eigenvalue weighted by Gasteiger charge is -2.18. The van der Waals surface area contributed by atoms with Crippen molar-refractivity contribution in [3.8, 4) is 0 Å². The molecule has 0 fully saturated rings. The van der Waals surface area contributed by atoms with Crippen LogP contribution < -0.4 is 0 Å². The number of carbonyl (C=O) groups excluding carboxylic acids is 2. The molecule has 0 bridgehead atoms. The van der Waals surface area contributed by atoms with E-state index in [9.17, 15) is 9.59 Å². The van der Waals surface area contributed by atoms with Crippen molar-refractivity contribution >= 4 is 11.9 Å². The van der Waals surface area contributed by atoms with Crippen molar-refractivity contribution in [3.63, 3.8) is 0 Å². The van der Waals surface area contributed by atoms with Crippen LogP contribution in [0, 0.1) is 0 Å². The Morgan fingerprint density at radius 2 is 0.940 bits per heavy atom. The summed E-state index contributed by atoms with van der Waals surface area (Å²) in [7, 11) is 0. The van der Waals surface area contributed by atoms with Crippen molar-refractivity contribution in [1.29, 1.82) is 0 Å². The summed E-state index contributed by atoms with van der Waals surface area (Å²) in [5.41, 5.74) is 0. The maximum absolute atomic E-state index is 12.5. The number of esters is 2. The van der Waals surface area contributed by atoms with Gasteiger partial charge in [-0.05, 0) is 77.0 Å². The zero-order valence-electron chi connectivity index (χ0n) is 32.6. The van der Waals surface area contributed by atoms with Gasteiger partial charge in [-0.2, -0.15) is 0 Å². The second kappa shape index (κ2) is 40.8. The van der Waals surface area contributed by atoms with Gasteiger partial charge in [0.25, 0.3) is 0 Å². The Balaban J connectivity index is 4.22. The second-order valence-corrected chi connectivity index (χ2v) is 13.2. The molecule has 286 valence electrons. The molecule has 0 N–H and O–H groups in total. The second-order valence-electron chi connectivity index (χ2n) is 13.2. The van der Waals surface area contributed by atoms with Gasteiger partial charge < -0.3 is 14.2 Å². The summed E-state index contributed by atoms with van der Waals surface area (Å²) in [6.45, 7) is 7.49. The molecule has 0 saturated heterocycles. The largest absolute Gasteiger partial charge is 0.462 e. The summed E-state index contributed by atoms with van der Waals surface area (Å²) >= 11 is 0. The van der Waals surface area contributed by atoms with E-state index in [1.54, 1.807) is 0 Å². The average molecular weight is 697 g/mol. The van der Waals surface area contributed by atoms with Crippen molar-refractivity contribution in [2.75, 3.05) is 19.8 Å². The molecule has 1 atom stereocenters. The first-order chi connectivity index (χ1) is 24.6. The van der Waals surface area contributed by atoms with E-state index in [-0.39, 0.29) is 25.2 Å².